The van der Waals surface area contributed by atoms with Crippen LogP contribution in [0.2, 0.25) is 0 Å². The van der Waals surface area contributed by atoms with Gasteiger partial charge >= 0.3 is 0 Å². The van der Waals surface area contributed by atoms with Crippen LogP contribution in [0.3, 0.4) is 0 Å². The summed E-state index contributed by atoms with van der Waals surface area (Å²) in [6.07, 6.45) is 5.87. The second-order valence-electron chi connectivity index (χ2n) is 5.72. The van der Waals surface area contributed by atoms with Gasteiger partial charge in [0.2, 0.25) is 0 Å². The van der Waals surface area contributed by atoms with Crippen LogP contribution in [0.15, 0.2) is 54.6 Å². The first-order valence-electron chi connectivity index (χ1n) is 7.54. The molecular formula is C19H30O2. The van der Waals surface area contributed by atoms with Gasteiger partial charge in [-0.2, -0.15) is 0 Å². The predicted molar refractivity (Wildman–Crippen MR) is 91.2 cm³/mol. The van der Waals surface area contributed by atoms with Gasteiger partial charge in [0.25, 0.3) is 0 Å². The number of allylic oxidation sites excluding steroid dienone is 2. The number of hydrogen-bond acceptors (Lipinski definition) is 2. The molecule has 0 aliphatic rings. The maximum absolute atomic E-state index is 9.49. The van der Waals surface area contributed by atoms with E-state index in [2.05, 4.69) is 26.5 Å². The van der Waals surface area contributed by atoms with Gasteiger partial charge in [0.15, 0.2) is 0 Å². The van der Waals surface area contributed by atoms with E-state index in [9.17, 15) is 10.2 Å². The Labute approximate surface area is 129 Å². The molecule has 0 saturated carbocycles. The molecule has 0 saturated heterocycles. The van der Waals surface area contributed by atoms with E-state index < -0.39 is 5.60 Å². The second kappa shape index (κ2) is 10.4. The Morgan fingerprint density at radius 3 is 2.29 bits per heavy atom. The molecule has 2 unspecified atom stereocenters. The van der Waals surface area contributed by atoms with Crippen LogP contribution in [0.4, 0.5) is 0 Å². The molecule has 0 fully saturated rings. The number of benzene rings is 1. The maximum atomic E-state index is 9.49. The first kappa shape index (κ1) is 19.6. The summed E-state index contributed by atoms with van der Waals surface area (Å²) < 4.78 is 0. The van der Waals surface area contributed by atoms with Crippen LogP contribution in [-0.4, -0.2) is 15.8 Å². The topological polar surface area (TPSA) is 40.5 Å². The summed E-state index contributed by atoms with van der Waals surface area (Å²) in [6, 6.07) is 9.70. The maximum Gasteiger partial charge on any atom is 0.0800 e. The SMILES string of the molecule is C=CC(C)(O)CCC=C(C)C.CCC(O)c1ccccc1. The lowest BCUT2D eigenvalue weighted by molar-refractivity contribution is 0.103. The number of hydrogen-bond donors (Lipinski definition) is 2. The van der Waals surface area contributed by atoms with Crippen LogP contribution in [0.25, 0.3) is 0 Å². The van der Waals surface area contributed by atoms with Crippen molar-refractivity contribution in [1.82, 2.24) is 0 Å². The van der Waals surface area contributed by atoms with Gasteiger partial charge in [0, 0.05) is 0 Å². The van der Waals surface area contributed by atoms with E-state index in [1.165, 1.54) is 5.57 Å². The largest absolute Gasteiger partial charge is 0.388 e. The lowest BCUT2D eigenvalue weighted by atomic mass is 10.00. The Morgan fingerprint density at radius 1 is 1.29 bits per heavy atom. The molecule has 2 heteroatoms. The van der Waals surface area contributed by atoms with Crippen LogP contribution in [0.1, 0.15) is 58.6 Å². The first-order chi connectivity index (χ1) is 9.82. The van der Waals surface area contributed by atoms with E-state index in [4.69, 9.17) is 0 Å². The second-order valence-corrected chi connectivity index (χ2v) is 5.72. The quantitative estimate of drug-likeness (QED) is 0.739. The molecule has 2 atom stereocenters. The zero-order chi connectivity index (χ0) is 16.3. The van der Waals surface area contributed by atoms with E-state index in [1.54, 1.807) is 13.0 Å². The smallest absolute Gasteiger partial charge is 0.0800 e. The average molecular weight is 290 g/mol. The molecule has 0 spiro atoms. The van der Waals surface area contributed by atoms with Gasteiger partial charge in [0.1, 0.15) is 0 Å². The van der Waals surface area contributed by atoms with Crippen molar-refractivity contribution in [3.8, 4) is 0 Å². The third-order valence-electron chi connectivity index (χ3n) is 3.21. The van der Waals surface area contributed by atoms with Gasteiger partial charge in [-0.05, 0) is 45.6 Å². The van der Waals surface area contributed by atoms with Crippen molar-refractivity contribution in [2.75, 3.05) is 0 Å². The van der Waals surface area contributed by atoms with Gasteiger partial charge in [-0.1, -0.05) is 55.0 Å². The number of rotatable bonds is 6. The molecule has 118 valence electrons. The van der Waals surface area contributed by atoms with E-state index in [1.807, 2.05) is 37.3 Å². The van der Waals surface area contributed by atoms with Gasteiger partial charge in [-0.15, -0.1) is 6.58 Å². The lowest BCUT2D eigenvalue weighted by Crippen LogP contribution is -2.19. The highest BCUT2D eigenvalue weighted by atomic mass is 16.3. The van der Waals surface area contributed by atoms with Crippen molar-refractivity contribution in [3.05, 3.63) is 60.2 Å². The highest BCUT2D eigenvalue weighted by Gasteiger charge is 2.12. The predicted octanol–water partition coefficient (Wildman–Crippen LogP) is 4.80. The molecule has 0 aliphatic heterocycles. The summed E-state index contributed by atoms with van der Waals surface area (Å²) in [5.41, 5.74) is 1.60. The van der Waals surface area contributed by atoms with Crippen molar-refractivity contribution < 1.29 is 10.2 Å². The summed E-state index contributed by atoms with van der Waals surface area (Å²) in [7, 11) is 0. The van der Waals surface area contributed by atoms with Gasteiger partial charge < -0.3 is 10.2 Å². The van der Waals surface area contributed by atoms with E-state index in [0.29, 0.717) is 0 Å². The molecule has 1 aromatic carbocycles. The first-order valence-corrected chi connectivity index (χ1v) is 7.54. The van der Waals surface area contributed by atoms with E-state index >= 15 is 0 Å². The molecule has 0 amide bonds. The van der Waals surface area contributed by atoms with Gasteiger partial charge in [-0.3, -0.25) is 0 Å². The summed E-state index contributed by atoms with van der Waals surface area (Å²) in [5, 5.41) is 18.8. The zero-order valence-corrected chi connectivity index (χ0v) is 13.8. The third kappa shape index (κ3) is 10.1. The van der Waals surface area contributed by atoms with Crippen molar-refractivity contribution in [1.29, 1.82) is 0 Å². The normalized spacial score (nSPS) is 14.2. The molecule has 1 aromatic rings. The molecule has 0 radical (unpaired) electrons. The fraction of sp³-hybridized carbons (Fsp3) is 0.474. The van der Waals surface area contributed by atoms with E-state index in [0.717, 1.165) is 24.8 Å². The number of aliphatic hydroxyl groups excluding tert-OH is 1. The Bertz CT molecular complexity index is 414. The van der Waals surface area contributed by atoms with Crippen LogP contribution < -0.4 is 0 Å². The van der Waals surface area contributed by atoms with Crippen LogP contribution in [0, 0.1) is 0 Å². The third-order valence-corrected chi connectivity index (χ3v) is 3.21. The minimum absolute atomic E-state index is 0.291. The van der Waals surface area contributed by atoms with Crippen molar-refractivity contribution in [3.63, 3.8) is 0 Å². The fourth-order valence-corrected chi connectivity index (χ4v) is 1.67. The Kier molecular flexibility index (Phi) is 9.68. The lowest BCUT2D eigenvalue weighted by Gasteiger charge is -2.16. The molecule has 0 aromatic heterocycles. The van der Waals surface area contributed by atoms with Crippen molar-refractivity contribution in [2.24, 2.45) is 0 Å². The molecule has 21 heavy (non-hydrogen) atoms. The van der Waals surface area contributed by atoms with Crippen molar-refractivity contribution in [2.45, 2.75) is 58.7 Å². The van der Waals surface area contributed by atoms with Crippen LogP contribution in [0.5, 0.6) is 0 Å². The Balaban J connectivity index is 0.000000382. The number of aliphatic hydroxyl groups is 2. The molecule has 0 heterocycles. The summed E-state index contributed by atoms with van der Waals surface area (Å²) in [5.74, 6) is 0. The molecule has 0 aliphatic carbocycles. The standard InChI is InChI=1S/C10H18O.C9H12O/c1-5-10(4,11)8-6-7-9(2)3;1-2-9(10)8-6-4-3-5-7-8/h5,7,11H,1,6,8H2,2-4H3;3-7,9-10H,2H2,1H3. The van der Waals surface area contributed by atoms with Gasteiger partial charge in [0.05, 0.1) is 11.7 Å². The Hall–Kier alpha value is -1.38. The zero-order valence-electron chi connectivity index (χ0n) is 13.8. The highest BCUT2D eigenvalue weighted by molar-refractivity contribution is 5.16. The summed E-state index contributed by atoms with van der Waals surface area (Å²) in [4.78, 5) is 0. The van der Waals surface area contributed by atoms with Crippen molar-refractivity contribution >= 4 is 0 Å². The summed E-state index contributed by atoms with van der Waals surface area (Å²) >= 11 is 0. The molecule has 2 nitrogen and oxygen atoms in total. The van der Waals surface area contributed by atoms with E-state index in [-0.39, 0.29) is 6.10 Å². The monoisotopic (exact) mass is 290 g/mol. The minimum Gasteiger partial charge on any atom is -0.388 e. The Morgan fingerprint density at radius 2 is 1.86 bits per heavy atom. The molecule has 1 rings (SSSR count). The van der Waals surface area contributed by atoms with Crippen LogP contribution in [-0.2, 0) is 0 Å². The molecule has 0 bridgehead atoms. The van der Waals surface area contributed by atoms with Gasteiger partial charge in [-0.25, -0.2) is 0 Å². The van der Waals surface area contributed by atoms with Crippen LogP contribution >= 0.6 is 0 Å². The molecular weight excluding hydrogens is 260 g/mol. The summed E-state index contributed by atoms with van der Waals surface area (Å²) in [6.45, 7) is 11.4. The minimum atomic E-state index is -0.702. The highest BCUT2D eigenvalue weighted by Crippen LogP contribution is 2.14. The fourth-order valence-electron chi connectivity index (χ4n) is 1.67. The average Bonchev–Trinajstić information content (AvgIpc) is 2.47. The molecule has 2 N–H and O–H groups in total.